The van der Waals surface area contributed by atoms with Gasteiger partial charge >= 0.3 is 5.97 Å². The molecule has 14 heteroatoms. The molecule has 6 aromatic rings. The molecule has 0 saturated carbocycles. The van der Waals surface area contributed by atoms with Gasteiger partial charge in [0, 0.05) is 70.5 Å². The van der Waals surface area contributed by atoms with Gasteiger partial charge in [-0.2, -0.15) is 0 Å². The summed E-state index contributed by atoms with van der Waals surface area (Å²) in [5.74, 6) is 1.96. The van der Waals surface area contributed by atoms with E-state index in [0.717, 1.165) is 80.4 Å². The van der Waals surface area contributed by atoms with Gasteiger partial charge in [0.05, 0.1) is 17.8 Å². The highest BCUT2D eigenvalue weighted by molar-refractivity contribution is 5.94. The molecule has 2 N–H and O–H groups in total. The van der Waals surface area contributed by atoms with Crippen molar-refractivity contribution >= 4 is 35.1 Å². The number of carboxylic acid groups (broad SMARTS) is 1. The summed E-state index contributed by atoms with van der Waals surface area (Å²) >= 11 is 0. The van der Waals surface area contributed by atoms with E-state index in [2.05, 4.69) is 26.9 Å². The van der Waals surface area contributed by atoms with Crippen LogP contribution in [0.4, 0.5) is 11.4 Å². The van der Waals surface area contributed by atoms with E-state index in [-0.39, 0.29) is 24.3 Å². The smallest absolute Gasteiger partial charge is 0.336 e. The second-order valence-electron chi connectivity index (χ2n) is 17.8. The van der Waals surface area contributed by atoms with Crippen LogP contribution < -0.4 is 19.8 Å². The Kier molecular flexibility index (Phi) is 20.9. The maximum atomic E-state index is 12.9. The number of rotatable bonds is 23. The second kappa shape index (κ2) is 27.9. The van der Waals surface area contributed by atoms with Gasteiger partial charge in [-0.25, -0.2) is 14.8 Å². The highest BCUT2D eigenvalue weighted by atomic mass is 16.5. The number of likely N-dealkylation sites (N-methyl/N-ethyl adjacent to an activating group) is 3. The molecule has 0 atom stereocenters. The van der Waals surface area contributed by atoms with Crippen LogP contribution in [0.5, 0.6) is 23.0 Å². The Morgan fingerprint density at radius 1 is 0.597 bits per heavy atom. The number of nitrogens with zero attached hydrogens (tertiary/aromatic N) is 6. The molecule has 378 valence electrons. The maximum Gasteiger partial charge on any atom is 0.336 e. The fourth-order valence-electron chi connectivity index (χ4n) is 8.18. The van der Waals surface area contributed by atoms with Gasteiger partial charge < -0.3 is 29.7 Å². The van der Waals surface area contributed by atoms with Gasteiger partial charge in [0.25, 0.3) is 5.91 Å². The predicted octanol–water partition coefficient (Wildman–Crippen LogP) is 10.0. The number of aromatic carboxylic acids is 1. The maximum absolute atomic E-state index is 12.9. The molecule has 0 radical (unpaired) electrons. The Morgan fingerprint density at radius 3 is 1.67 bits per heavy atom. The molecule has 3 amide bonds. The van der Waals surface area contributed by atoms with E-state index in [4.69, 9.17) is 9.47 Å². The Hall–Kier alpha value is -7.36. The number of likely N-dealkylation sites (tertiary alicyclic amines) is 1. The third-order valence-electron chi connectivity index (χ3n) is 12.2. The molecule has 0 unspecified atom stereocenters. The number of benzene rings is 6. The monoisotopic (exact) mass is 976 g/mol. The van der Waals surface area contributed by atoms with Crippen molar-refractivity contribution in [1.82, 2.24) is 24.6 Å². The van der Waals surface area contributed by atoms with Gasteiger partial charge in [-0.1, -0.05) is 80.6 Å². The molecule has 1 aliphatic rings. The fraction of sp³-hybridized carbons (Fsp3) is 0.310. The molecule has 72 heavy (non-hydrogen) atoms. The molecule has 1 aliphatic heterocycles. The van der Waals surface area contributed by atoms with E-state index < -0.39 is 5.97 Å². The van der Waals surface area contributed by atoms with Crippen LogP contribution in [0.3, 0.4) is 0 Å². The van der Waals surface area contributed by atoms with E-state index >= 15 is 0 Å². The highest BCUT2D eigenvalue weighted by Gasteiger charge is 2.23. The van der Waals surface area contributed by atoms with Crippen LogP contribution in [-0.2, 0) is 22.7 Å². The lowest BCUT2D eigenvalue weighted by atomic mass is 10.1. The van der Waals surface area contributed by atoms with Gasteiger partial charge in [-0.15, -0.1) is 0 Å². The number of anilines is 2. The molecule has 6 aromatic carbocycles. The van der Waals surface area contributed by atoms with E-state index in [9.17, 15) is 24.3 Å². The van der Waals surface area contributed by atoms with Crippen LogP contribution >= 0.6 is 0 Å². The number of amides is 3. The van der Waals surface area contributed by atoms with Crippen molar-refractivity contribution in [3.8, 4) is 23.0 Å². The Bertz CT molecular complexity index is 2610. The van der Waals surface area contributed by atoms with E-state index in [1.807, 2.05) is 177 Å². The summed E-state index contributed by atoms with van der Waals surface area (Å²) < 4.78 is 11.7. The Morgan fingerprint density at radius 2 is 1.12 bits per heavy atom. The zero-order chi connectivity index (χ0) is 51.2. The second-order valence-corrected chi connectivity index (χ2v) is 17.8. The third kappa shape index (κ3) is 16.9. The van der Waals surface area contributed by atoms with Crippen molar-refractivity contribution in [1.29, 1.82) is 0 Å². The fourth-order valence-corrected chi connectivity index (χ4v) is 8.18. The van der Waals surface area contributed by atoms with Gasteiger partial charge in [0.15, 0.2) is 0 Å². The van der Waals surface area contributed by atoms with Crippen molar-refractivity contribution in [2.45, 2.75) is 46.7 Å². The summed E-state index contributed by atoms with van der Waals surface area (Å²) in [6.45, 7) is 13.1. The summed E-state index contributed by atoms with van der Waals surface area (Å²) in [4.78, 5) is 58.0. The number of carbonyl (C=O) groups is 4. The lowest BCUT2D eigenvalue weighted by molar-refractivity contribution is -0.120. The Labute approximate surface area is 424 Å². The van der Waals surface area contributed by atoms with E-state index in [0.29, 0.717) is 54.5 Å². The minimum absolute atomic E-state index is 0.0729. The molecule has 1 saturated heterocycles. The van der Waals surface area contributed by atoms with Crippen molar-refractivity contribution in [2.24, 2.45) is 0 Å². The number of nitrogens with one attached hydrogen (secondary N) is 1. The number of hydrogen-bond acceptors (Lipinski definition) is 10. The first-order valence-corrected chi connectivity index (χ1v) is 24.7. The normalized spacial score (nSPS) is 12.2. The van der Waals surface area contributed by atoms with Crippen molar-refractivity contribution in [2.75, 3.05) is 83.3 Å². The zero-order valence-corrected chi connectivity index (χ0v) is 42.3. The summed E-state index contributed by atoms with van der Waals surface area (Å²) in [5, 5.41) is 16.1. The highest BCUT2D eigenvalue weighted by Crippen LogP contribution is 2.27. The molecule has 0 aliphatic carbocycles. The largest absolute Gasteiger partial charge is 0.478 e. The first-order chi connectivity index (χ1) is 34.9. The van der Waals surface area contributed by atoms with Crippen molar-refractivity contribution in [3.63, 3.8) is 0 Å². The molecular weight excluding hydrogens is 907 g/mol. The molecule has 14 nitrogen and oxygen atoms in total. The number of hydrogen-bond donors (Lipinski definition) is 2. The molecule has 0 bridgehead atoms. The average molecular weight is 976 g/mol. The van der Waals surface area contributed by atoms with Crippen LogP contribution in [0.1, 0.15) is 65.5 Å². The van der Waals surface area contributed by atoms with E-state index in [1.54, 1.807) is 24.1 Å². The lowest BCUT2D eigenvalue weighted by Gasteiger charge is -2.35. The predicted molar refractivity (Wildman–Crippen MR) is 285 cm³/mol. The molecule has 0 aromatic heterocycles. The van der Waals surface area contributed by atoms with Gasteiger partial charge in [0.2, 0.25) is 11.8 Å². The molecule has 1 fully saturated rings. The zero-order valence-electron chi connectivity index (χ0n) is 42.3. The lowest BCUT2D eigenvalue weighted by Crippen LogP contribution is -2.48. The Balaban J connectivity index is 0.000000236. The SMILES string of the molecule is CC(=O)N(c1ccc(Oc2ccccc2)cc1)N(CCN(C)C)Cc1ccc(C(=O)N2CCCC2)cc1.CCN(CCN(CC)Cc1ccccc1C(=O)O)CC(=O)Nc1ccc(Oc2ccccc2)cc1. The number of para-hydroxylation sites is 2. The minimum atomic E-state index is -0.914. The number of carboxylic acids is 1. The van der Waals surface area contributed by atoms with Crippen LogP contribution in [-0.4, -0.2) is 126 Å². The molecule has 0 spiro atoms. The topological polar surface area (TPSA) is 138 Å². The number of hydrazine groups is 1. The van der Waals surface area contributed by atoms with Crippen LogP contribution in [0.2, 0.25) is 0 Å². The third-order valence-corrected chi connectivity index (χ3v) is 12.2. The number of ether oxygens (including phenoxy) is 2. The van der Waals surface area contributed by atoms with Crippen LogP contribution in [0, 0.1) is 0 Å². The number of carbonyl (C=O) groups excluding carboxylic acids is 3. The van der Waals surface area contributed by atoms with Gasteiger partial charge in [0.1, 0.15) is 23.0 Å². The van der Waals surface area contributed by atoms with Crippen LogP contribution in [0.25, 0.3) is 0 Å². The molecule has 1 heterocycles. The van der Waals surface area contributed by atoms with Gasteiger partial charge in [-0.05, 0) is 142 Å². The average Bonchev–Trinajstić information content (AvgIpc) is 3.94. The quantitative estimate of drug-likeness (QED) is 0.0594. The summed E-state index contributed by atoms with van der Waals surface area (Å²) in [7, 11) is 4.04. The van der Waals surface area contributed by atoms with Crippen LogP contribution in [0.15, 0.2) is 158 Å². The molecule has 7 rings (SSSR count). The summed E-state index contributed by atoms with van der Waals surface area (Å²) in [6, 6.07) is 48.9. The summed E-state index contributed by atoms with van der Waals surface area (Å²) in [6.07, 6.45) is 2.15. The standard InChI is InChI=1S/C30H36N4O3.C28H33N3O4/c1-24(35)34(27-15-17-29(18-16-27)37-28-9-5-4-6-10-28)33(22-21-31(2)3)23-25-11-13-26(14-12-25)30(36)32-19-7-8-20-32;1-3-30(20-22-10-8-9-13-26(22)28(33)34)18-19-31(4-2)21-27(32)29-23-14-16-25(17-15-23)35-24-11-6-5-7-12-24/h4-6,9-18H,7-8,19-23H2,1-3H3;5-17H,3-4,18-21H2,1-2H3,(H,29,32)(H,33,34). The van der Waals surface area contributed by atoms with Gasteiger partial charge in [-0.3, -0.25) is 24.2 Å². The van der Waals surface area contributed by atoms with Crippen molar-refractivity contribution < 1.29 is 33.8 Å². The van der Waals surface area contributed by atoms with Crippen molar-refractivity contribution in [3.05, 3.63) is 180 Å². The first-order valence-electron chi connectivity index (χ1n) is 24.7. The summed E-state index contributed by atoms with van der Waals surface area (Å²) in [5.41, 5.74) is 4.36. The first kappa shape index (κ1) is 54.0. The minimum Gasteiger partial charge on any atom is -0.478 e. The van der Waals surface area contributed by atoms with E-state index in [1.165, 1.54) is 0 Å². The molecular formula is C58H69N7O7.